The number of fused-ring (bicyclic) bond motifs is 1. The van der Waals surface area contributed by atoms with E-state index in [-0.39, 0.29) is 28.4 Å². The number of hydrogen-bond donors (Lipinski definition) is 2. The molecular formula is C34H30ClFN8O4. The minimum atomic E-state index is -1.09. The molecule has 1 unspecified atom stereocenters. The highest BCUT2D eigenvalue weighted by molar-refractivity contribution is 6.31. The molecule has 14 heteroatoms. The number of aromatic carboxylic acids is 1. The van der Waals surface area contributed by atoms with Crippen LogP contribution in [0.4, 0.5) is 10.1 Å². The van der Waals surface area contributed by atoms with E-state index in [1.165, 1.54) is 64.5 Å². The largest absolute Gasteiger partial charge is 0.478 e. The fourth-order valence-corrected chi connectivity index (χ4v) is 5.91. The van der Waals surface area contributed by atoms with Crippen molar-refractivity contribution in [2.75, 3.05) is 11.9 Å². The number of carboxylic acids is 1. The van der Waals surface area contributed by atoms with Gasteiger partial charge in [0.2, 0.25) is 5.91 Å². The van der Waals surface area contributed by atoms with Gasteiger partial charge in [-0.3, -0.25) is 14.3 Å². The van der Waals surface area contributed by atoms with E-state index in [2.05, 4.69) is 32.9 Å². The predicted molar refractivity (Wildman–Crippen MR) is 176 cm³/mol. The molecule has 12 nitrogen and oxygen atoms in total. The van der Waals surface area contributed by atoms with Crippen molar-refractivity contribution in [3.8, 4) is 16.8 Å². The average Bonchev–Trinajstić information content (AvgIpc) is 3.80. The second-order valence-corrected chi connectivity index (χ2v) is 11.6. The van der Waals surface area contributed by atoms with Crippen molar-refractivity contribution in [1.29, 1.82) is 0 Å². The van der Waals surface area contributed by atoms with Crippen molar-refractivity contribution in [3.63, 3.8) is 0 Å². The van der Waals surface area contributed by atoms with Gasteiger partial charge in [-0.1, -0.05) is 43.1 Å². The van der Waals surface area contributed by atoms with E-state index in [4.69, 9.17) is 11.6 Å². The second kappa shape index (κ2) is 14.0. The summed E-state index contributed by atoms with van der Waals surface area (Å²) in [6.07, 6.45) is 10.0. The van der Waals surface area contributed by atoms with E-state index in [1.807, 2.05) is 29.1 Å². The molecule has 48 heavy (non-hydrogen) atoms. The Hall–Kier alpha value is -5.69. The van der Waals surface area contributed by atoms with Crippen LogP contribution in [0.2, 0.25) is 5.02 Å². The summed E-state index contributed by atoms with van der Waals surface area (Å²) in [5, 5.41) is 27.5. The second-order valence-electron chi connectivity index (χ2n) is 11.2. The summed E-state index contributed by atoms with van der Waals surface area (Å²) in [6.45, 7) is 3.09. The topological polar surface area (TPSA) is 148 Å². The van der Waals surface area contributed by atoms with Crippen molar-refractivity contribution < 1.29 is 23.9 Å². The summed E-state index contributed by atoms with van der Waals surface area (Å²) in [5.74, 6) is -2.90. The SMILES string of the molecule is CCCCn1cc(-c2cccc3c2CCN(C(=O)C=Cc2c(-n4cnnn4)ccc(Cl)c2F)C3C(=O)Nc2ccc(C(=O)O)cc2)cn1. The lowest BCUT2D eigenvalue weighted by molar-refractivity contribution is -0.135. The summed E-state index contributed by atoms with van der Waals surface area (Å²) >= 11 is 6.07. The molecule has 0 spiro atoms. The van der Waals surface area contributed by atoms with Crippen LogP contribution in [0, 0.1) is 5.82 Å². The normalized spacial score (nSPS) is 14.2. The Morgan fingerprint density at radius 2 is 1.94 bits per heavy atom. The molecule has 3 aromatic carbocycles. The van der Waals surface area contributed by atoms with Crippen LogP contribution in [0.15, 0.2) is 79.4 Å². The number of unbranched alkanes of at least 4 members (excludes halogenated alkanes) is 1. The fourth-order valence-electron chi connectivity index (χ4n) is 5.75. The molecule has 2 aromatic heterocycles. The zero-order chi connectivity index (χ0) is 33.8. The standard InChI is InChI=1S/C34H30ClFN8O4/c1-2-3-16-42-19-22(18-38-42)24-5-4-6-26-25(24)15-17-43(32(26)33(46)39-23-9-7-21(8-10-23)34(47)48)30(45)14-11-27-29(44-20-37-40-41-44)13-12-28(35)31(27)36/h4-14,18-20,32H,2-3,15-17H2,1H3,(H,39,46)(H,47,48). The molecule has 2 amide bonds. The summed E-state index contributed by atoms with van der Waals surface area (Å²) < 4.78 is 18.4. The van der Waals surface area contributed by atoms with Gasteiger partial charge in [0.25, 0.3) is 5.91 Å². The van der Waals surface area contributed by atoms with Gasteiger partial charge in [-0.2, -0.15) is 9.78 Å². The van der Waals surface area contributed by atoms with Gasteiger partial charge in [0.15, 0.2) is 5.82 Å². The van der Waals surface area contributed by atoms with Gasteiger partial charge in [-0.15, -0.1) is 5.10 Å². The first-order valence-electron chi connectivity index (χ1n) is 15.2. The zero-order valence-corrected chi connectivity index (χ0v) is 26.5. The van der Waals surface area contributed by atoms with Crippen molar-refractivity contribution >= 4 is 41.1 Å². The third-order valence-electron chi connectivity index (χ3n) is 8.14. The zero-order valence-electron chi connectivity index (χ0n) is 25.8. The van der Waals surface area contributed by atoms with Crippen LogP contribution in [0.25, 0.3) is 22.9 Å². The molecule has 0 bridgehead atoms. The summed E-state index contributed by atoms with van der Waals surface area (Å²) in [5.41, 5.74) is 4.03. The Morgan fingerprint density at radius 1 is 1.12 bits per heavy atom. The highest BCUT2D eigenvalue weighted by atomic mass is 35.5. The Balaban J connectivity index is 1.37. The van der Waals surface area contributed by atoms with Gasteiger partial charge in [-0.05, 0) is 82.4 Å². The van der Waals surface area contributed by atoms with Gasteiger partial charge >= 0.3 is 5.97 Å². The maximum absolute atomic E-state index is 15.2. The maximum atomic E-state index is 15.2. The molecule has 1 atom stereocenters. The summed E-state index contributed by atoms with van der Waals surface area (Å²) in [6, 6.07) is 13.2. The van der Waals surface area contributed by atoms with Gasteiger partial charge in [-0.25, -0.2) is 9.18 Å². The van der Waals surface area contributed by atoms with E-state index >= 15 is 4.39 Å². The molecule has 2 N–H and O–H groups in total. The number of hydrogen-bond acceptors (Lipinski definition) is 7. The number of anilines is 1. The number of aryl methyl sites for hydroxylation is 1. The van der Waals surface area contributed by atoms with Crippen LogP contribution >= 0.6 is 11.6 Å². The third-order valence-corrected chi connectivity index (χ3v) is 8.43. The molecular weight excluding hydrogens is 639 g/mol. The van der Waals surface area contributed by atoms with E-state index < -0.39 is 29.6 Å². The quantitative estimate of drug-likeness (QED) is 0.183. The first-order chi connectivity index (χ1) is 23.2. The lowest BCUT2D eigenvalue weighted by Gasteiger charge is -2.36. The number of halogens is 2. The molecule has 1 aliphatic heterocycles. The number of amides is 2. The Kier molecular flexibility index (Phi) is 9.39. The average molecular weight is 669 g/mol. The Labute approximate surface area is 279 Å². The van der Waals surface area contributed by atoms with Gasteiger partial charge in [0, 0.05) is 42.2 Å². The van der Waals surface area contributed by atoms with E-state index in [0.717, 1.165) is 36.1 Å². The summed E-state index contributed by atoms with van der Waals surface area (Å²) in [4.78, 5) is 40.7. The number of carboxylic acid groups (broad SMARTS) is 1. The molecule has 0 fully saturated rings. The predicted octanol–water partition coefficient (Wildman–Crippen LogP) is 5.59. The Morgan fingerprint density at radius 3 is 2.67 bits per heavy atom. The van der Waals surface area contributed by atoms with Crippen LogP contribution in [0.1, 0.15) is 52.9 Å². The first kappa shape index (κ1) is 32.3. The van der Waals surface area contributed by atoms with E-state index in [0.29, 0.717) is 17.7 Å². The van der Waals surface area contributed by atoms with Crippen LogP contribution in [0.3, 0.4) is 0 Å². The van der Waals surface area contributed by atoms with Gasteiger partial charge in [0.1, 0.15) is 12.4 Å². The number of nitrogens with zero attached hydrogens (tertiary/aromatic N) is 7. The molecule has 3 heterocycles. The highest BCUT2D eigenvalue weighted by Gasteiger charge is 2.36. The van der Waals surface area contributed by atoms with Crippen LogP contribution in [-0.2, 0) is 22.6 Å². The number of benzene rings is 3. The molecule has 0 saturated heterocycles. The lowest BCUT2D eigenvalue weighted by Crippen LogP contribution is -2.45. The Bertz CT molecular complexity index is 2010. The molecule has 0 aliphatic carbocycles. The first-order valence-corrected chi connectivity index (χ1v) is 15.6. The van der Waals surface area contributed by atoms with Gasteiger partial charge < -0.3 is 15.3 Å². The van der Waals surface area contributed by atoms with E-state index in [9.17, 15) is 19.5 Å². The molecule has 5 aromatic rings. The van der Waals surface area contributed by atoms with E-state index in [1.54, 1.807) is 6.20 Å². The third kappa shape index (κ3) is 6.58. The van der Waals surface area contributed by atoms with Crippen molar-refractivity contribution in [1.82, 2.24) is 34.9 Å². The highest BCUT2D eigenvalue weighted by Crippen LogP contribution is 2.37. The van der Waals surface area contributed by atoms with Crippen LogP contribution in [0.5, 0.6) is 0 Å². The maximum Gasteiger partial charge on any atom is 0.335 e. The van der Waals surface area contributed by atoms with Crippen molar-refractivity contribution in [2.45, 2.75) is 38.8 Å². The molecule has 0 radical (unpaired) electrons. The monoisotopic (exact) mass is 668 g/mol. The van der Waals surface area contributed by atoms with Crippen molar-refractivity contribution in [3.05, 3.63) is 112 Å². The van der Waals surface area contributed by atoms with Crippen molar-refractivity contribution in [2.24, 2.45) is 0 Å². The lowest BCUT2D eigenvalue weighted by atomic mass is 9.86. The molecule has 6 rings (SSSR count). The number of carbonyl (C=O) groups excluding carboxylic acids is 2. The minimum absolute atomic E-state index is 0.0116. The smallest absolute Gasteiger partial charge is 0.335 e. The molecule has 0 saturated carbocycles. The number of aromatic nitrogens is 6. The number of carbonyl (C=O) groups is 3. The number of nitrogens with one attached hydrogen (secondary N) is 1. The molecule has 1 aliphatic rings. The number of rotatable bonds is 10. The van der Waals surface area contributed by atoms with Crippen LogP contribution in [-0.4, -0.2) is 64.3 Å². The number of tetrazole rings is 1. The van der Waals surface area contributed by atoms with Gasteiger partial charge in [0.05, 0.1) is 22.5 Å². The summed E-state index contributed by atoms with van der Waals surface area (Å²) in [7, 11) is 0. The minimum Gasteiger partial charge on any atom is -0.478 e. The fraction of sp³-hybridized carbons (Fsp3) is 0.206. The van der Waals surface area contributed by atoms with Crippen LogP contribution < -0.4 is 5.32 Å². The molecule has 244 valence electrons.